The second-order valence-electron chi connectivity index (χ2n) is 6.50. The molecule has 3 aromatic carbocycles. The molecule has 0 aromatic heterocycles. The molecule has 0 saturated heterocycles. The van der Waals surface area contributed by atoms with Gasteiger partial charge in [0.2, 0.25) is 0 Å². The number of hydrogen-bond acceptors (Lipinski definition) is 12. The van der Waals surface area contributed by atoms with Crippen LogP contribution in [0.25, 0.3) is 0 Å². The molecule has 0 aliphatic heterocycles. The Morgan fingerprint density at radius 1 is 0.378 bits per heavy atom. The third kappa shape index (κ3) is 8.70. The molecular formula is C21H18O15Sc. The van der Waals surface area contributed by atoms with Crippen molar-refractivity contribution in [3.05, 3.63) is 53.1 Å². The Hall–Kier alpha value is -4.86. The fourth-order valence-electron chi connectivity index (χ4n) is 2.18. The molecule has 3 aromatic rings. The molecular weight excluding hydrogens is 537 g/mol. The zero-order valence-electron chi connectivity index (χ0n) is 18.1. The van der Waals surface area contributed by atoms with Crippen molar-refractivity contribution in [1.29, 1.82) is 0 Å². The van der Waals surface area contributed by atoms with E-state index in [-0.39, 0.29) is 42.5 Å². The first-order valence-corrected chi connectivity index (χ1v) is 9.01. The Kier molecular flexibility index (Phi) is 11.5. The number of carbonyl (C=O) groups is 3. The average Bonchev–Trinajstić information content (AvgIpc) is 2.79. The van der Waals surface area contributed by atoms with Crippen molar-refractivity contribution in [3.8, 4) is 51.7 Å². The number of rotatable bonds is 3. The zero-order chi connectivity index (χ0) is 27.9. The summed E-state index contributed by atoms with van der Waals surface area (Å²) < 4.78 is 0. The minimum atomic E-state index is -1.29. The Morgan fingerprint density at radius 2 is 0.514 bits per heavy atom. The topological polar surface area (TPSA) is 294 Å². The standard InChI is InChI=1S/3C7H6O5.Sc/c3*8-4-1-3(7(11)12)2-5(9)6(4)10;/h3*1-2,8-10H,(H,11,12);. The number of hydrogen-bond donors (Lipinski definition) is 12. The molecule has 0 aliphatic carbocycles. The van der Waals surface area contributed by atoms with E-state index in [2.05, 4.69) is 0 Å². The molecule has 0 bridgehead atoms. The number of phenols is 9. The van der Waals surface area contributed by atoms with Gasteiger partial charge in [0.1, 0.15) is 0 Å². The zero-order valence-corrected chi connectivity index (χ0v) is 19.9. The fraction of sp³-hybridized carbons (Fsp3) is 0. The summed E-state index contributed by atoms with van der Waals surface area (Å²) in [6.45, 7) is 0. The molecule has 16 heteroatoms. The van der Waals surface area contributed by atoms with Crippen LogP contribution in [0.5, 0.6) is 51.7 Å². The van der Waals surface area contributed by atoms with Gasteiger partial charge in [0, 0.05) is 25.8 Å². The molecule has 0 saturated carbocycles. The minimum absolute atomic E-state index is 0. The van der Waals surface area contributed by atoms with Crippen LogP contribution < -0.4 is 0 Å². The second kappa shape index (κ2) is 13.3. The van der Waals surface area contributed by atoms with Crippen LogP contribution in [0.3, 0.4) is 0 Å². The monoisotopic (exact) mass is 555 g/mol. The Balaban J connectivity index is 0.000000518. The van der Waals surface area contributed by atoms with Crippen molar-refractivity contribution in [2.24, 2.45) is 0 Å². The van der Waals surface area contributed by atoms with Gasteiger partial charge in [-0.2, -0.15) is 0 Å². The second-order valence-corrected chi connectivity index (χ2v) is 6.50. The average molecular weight is 555 g/mol. The minimum Gasteiger partial charge on any atom is -0.504 e. The number of aromatic hydroxyl groups is 9. The van der Waals surface area contributed by atoms with Crippen molar-refractivity contribution in [2.45, 2.75) is 0 Å². The molecule has 0 amide bonds. The van der Waals surface area contributed by atoms with Gasteiger partial charge >= 0.3 is 17.9 Å². The van der Waals surface area contributed by atoms with Gasteiger partial charge in [0.15, 0.2) is 51.7 Å². The van der Waals surface area contributed by atoms with Crippen molar-refractivity contribution < 1.29 is 102 Å². The van der Waals surface area contributed by atoms with Crippen LogP contribution in [-0.4, -0.2) is 79.2 Å². The summed E-state index contributed by atoms with van der Waals surface area (Å²) in [5, 5.41) is 105. The first kappa shape index (κ1) is 32.1. The number of carboxylic acid groups (broad SMARTS) is 3. The first-order chi connectivity index (χ1) is 16.6. The van der Waals surface area contributed by atoms with Crippen molar-refractivity contribution in [3.63, 3.8) is 0 Å². The van der Waals surface area contributed by atoms with E-state index in [1.54, 1.807) is 0 Å². The van der Waals surface area contributed by atoms with E-state index in [9.17, 15) is 14.4 Å². The summed E-state index contributed by atoms with van der Waals surface area (Å²) in [6, 6.07) is 5.07. The maximum Gasteiger partial charge on any atom is 0.335 e. The molecule has 0 spiro atoms. The van der Waals surface area contributed by atoms with E-state index >= 15 is 0 Å². The summed E-state index contributed by atoms with van der Waals surface area (Å²) in [4.78, 5) is 30.9. The third-order valence-corrected chi connectivity index (χ3v) is 3.95. The molecule has 3 rings (SSSR count). The van der Waals surface area contributed by atoms with Crippen LogP contribution in [-0.2, 0) is 25.8 Å². The summed E-state index contributed by atoms with van der Waals surface area (Å²) in [6.07, 6.45) is 0. The van der Waals surface area contributed by atoms with E-state index in [0.717, 1.165) is 36.4 Å². The van der Waals surface area contributed by atoms with Crippen LogP contribution in [0.15, 0.2) is 36.4 Å². The van der Waals surface area contributed by atoms with Gasteiger partial charge in [-0.15, -0.1) is 0 Å². The molecule has 0 aliphatic rings. The van der Waals surface area contributed by atoms with Crippen molar-refractivity contribution in [1.82, 2.24) is 0 Å². The van der Waals surface area contributed by atoms with Gasteiger partial charge in [-0.1, -0.05) is 0 Å². The number of phenolic OH excluding ortho intramolecular Hbond substituents is 9. The quantitative estimate of drug-likeness (QED) is 0.204. The van der Waals surface area contributed by atoms with Crippen LogP contribution in [0.2, 0.25) is 0 Å². The van der Waals surface area contributed by atoms with Crippen LogP contribution in [0, 0.1) is 0 Å². The first-order valence-electron chi connectivity index (χ1n) is 9.01. The van der Waals surface area contributed by atoms with Crippen LogP contribution in [0.1, 0.15) is 31.1 Å². The Morgan fingerprint density at radius 3 is 0.622 bits per heavy atom. The van der Waals surface area contributed by atoms with E-state index in [4.69, 9.17) is 61.3 Å². The van der Waals surface area contributed by atoms with Crippen LogP contribution in [0.4, 0.5) is 0 Å². The van der Waals surface area contributed by atoms with E-state index < -0.39 is 69.7 Å². The Bertz CT molecular complexity index is 1090. The molecule has 12 N–H and O–H groups in total. The van der Waals surface area contributed by atoms with Crippen molar-refractivity contribution in [2.75, 3.05) is 0 Å². The van der Waals surface area contributed by atoms with E-state index in [0.29, 0.717) is 0 Å². The summed E-state index contributed by atoms with van der Waals surface area (Å²) in [7, 11) is 0. The maximum absolute atomic E-state index is 10.3. The number of carboxylic acids is 3. The molecule has 0 fully saturated rings. The summed E-state index contributed by atoms with van der Waals surface area (Å²) in [5.74, 6) is -10.00. The largest absolute Gasteiger partial charge is 0.504 e. The molecule has 37 heavy (non-hydrogen) atoms. The van der Waals surface area contributed by atoms with Gasteiger partial charge in [-0.25, -0.2) is 14.4 Å². The predicted octanol–water partition coefficient (Wildman–Crippen LogP) is 1.50. The van der Waals surface area contributed by atoms with Gasteiger partial charge in [-0.3, -0.25) is 0 Å². The molecule has 0 heterocycles. The molecule has 0 atom stereocenters. The van der Waals surface area contributed by atoms with Gasteiger partial charge in [0.25, 0.3) is 0 Å². The molecule has 0 unspecified atom stereocenters. The van der Waals surface area contributed by atoms with Gasteiger partial charge in [0.05, 0.1) is 16.7 Å². The summed E-state index contributed by atoms with van der Waals surface area (Å²) in [5.41, 5.74) is -0.867. The van der Waals surface area contributed by atoms with E-state index in [1.807, 2.05) is 0 Å². The number of aromatic carboxylic acids is 3. The fourth-order valence-corrected chi connectivity index (χ4v) is 2.18. The molecule has 15 nitrogen and oxygen atoms in total. The van der Waals surface area contributed by atoms with Gasteiger partial charge < -0.3 is 61.3 Å². The SMILES string of the molecule is O=C(O)c1cc(O)c(O)c(O)c1.O=C(O)c1cc(O)c(O)c(O)c1.O=C(O)c1cc(O)c(O)c(O)c1.[Sc]. The van der Waals surface area contributed by atoms with Crippen LogP contribution >= 0.6 is 0 Å². The van der Waals surface area contributed by atoms with Gasteiger partial charge in [-0.05, 0) is 36.4 Å². The predicted molar refractivity (Wildman–Crippen MR) is 115 cm³/mol. The molecule has 1 radical (unpaired) electrons. The normalized spacial score (nSPS) is 9.41. The van der Waals surface area contributed by atoms with Crippen molar-refractivity contribution >= 4 is 17.9 Å². The maximum atomic E-state index is 10.3. The third-order valence-electron chi connectivity index (χ3n) is 3.95. The van der Waals surface area contributed by atoms with E-state index in [1.165, 1.54) is 0 Å². The molecule has 195 valence electrons. The Labute approximate surface area is 224 Å². The smallest absolute Gasteiger partial charge is 0.335 e. The number of benzene rings is 3. The summed E-state index contributed by atoms with van der Waals surface area (Å²) >= 11 is 0.